The Morgan fingerprint density at radius 2 is 2.12 bits per heavy atom. The summed E-state index contributed by atoms with van der Waals surface area (Å²) >= 11 is 13.4. The van der Waals surface area contributed by atoms with Gasteiger partial charge in [-0.05, 0) is 12.1 Å². The highest BCUT2D eigenvalue weighted by atomic mass is 35.5. The maximum atomic E-state index is 9.43. The van der Waals surface area contributed by atoms with Gasteiger partial charge in [0, 0.05) is 22.4 Å². The lowest BCUT2D eigenvalue weighted by atomic mass is 10.3. The van der Waals surface area contributed by atoms with Gasteiger partial charge in [0.25, 0.3) is 0 Å². The van der Waals surface area contributed by atoms with Crippen molar-refractivity contribution < 1.29 is 5.11 Å². The maximum absolute atomic E-state index is 9.43. The molecule has 96 valence electrons. The van der Waals surface area contributed by atoms with Crippen molar-refractivity contribution in [1.82, 2.24) is 0 Å². The average molecular weight is 294 g/mol. The van der Waals surface area contributed by atoms with Gasteiger partial charge in [0.05, 0.1) is 17.0 Å². The summed E-state index contributed by atoms with van der Waals surface area (Å²) in [4.78, 5) is 1.02. The number of aliphatic hydroxyl groups excluding tert-OH is 1. The van der Waals surface area contributed by atoms with E-state index in [4.69, 9.17) is 23.2 Å². The number of alkyl halides is 1. The van der Waals surface area contributed by atoms with Gasteiger partial charge in [-0.1, -0.05) is 31.5 Å². The Labute approximate surface area is 117 Å². The van der Waals surface area contributed by atoms with E-state index in [9.17, 15) is 5.11 Å². The second-order valence-electron chi connectivity index (χ2n) is 3.97. The van der Waals surface area contributed by atoms with Gasteiger partial charge in [-0.3, -0.25) is 0 Å². The highest BCUT2D eigenvalue weighted by molar-refractivity contribution is 8.00. The van der Waals surface area contributed by atoms with Crippen LogP contribution in [0.15, 0.2) is 23.1 Å². The molecule has 0 spiro atoms. The standard InChI is InChI=1S/C12H17Cl2NOS/c1-8(2)17-12-10(14)4-3-5-11(12)15-7-9(16)6-13/h3-5,8-9,15-16H,6-7H2,1-2H3. The van der Waals surface area contributed by atoms with Crippen molar-refractivity contribution in [1.29, 1.82) is 0 Å². The number of rotatable bonds is 6. The molecule has 1 aromatic rings. The van der Waals surface area contributed by atoms with Crippen molar-refractivity contribution in [3.63, 3.8) is 0 Å². The average Bonchev–Trinajstić information content (AvgIpc) is 2.29. The van der Waals surface area contributed by atoms with Gasteiger partial charge in [-0.25, -0.2) is 0 Å². The fraction of sp³-hybridized carbons (Fsp3) is 0.500. The monoisotopic (exact) mass is 293 g/mol. The Morgan fingerprint density at radius 1 is 1.41 bits per heavy atom. The van der Waals surface area contributed by atoms with E-state index in [1.165, 1.54) is 0 Å². The Morgan fingerprint density at radius 3 is 2.71 bits per heavy atom. The molecule has 0 fully saturated rings. The summed E-state index contributed by atoms with van der Waals surface area (Å²) in [6.45, 7) is 4.66. The number of hydrogen-bond donors (Lipinski definition) is 2. The summed E-state index contributed by atoms with van der Waals surface area (Å²) in [6, 6.07) is 5.72. The van der Waals surface area contributed by atoms with E-state index >= 15 is 0 Å². The zero-order chi connectivity index (χ0) is 12.8. The smallest absolute Gasteiger partial charge is 0.0847 e. The van der Waals surface area contributed by atoms with Gasteiger partial charge in [-0.15, -0.1) is 23.4 Å². The van der Waals surface area contributed by atoms with E-state index in [-0.39, 0.29) is 5.88 Å². The first-order valence-electron chi connectivity index (χ1n) is 5.47. The van der Waals surface area contributed by atoms with Gasteiger partial charge in [0.2, 0.25) is 0 Å². The first-order chi connectivity index (χ1) is 8.04. The number of benzene rings is 1. The van der Waals surface area contributed by atoms with Gasteiger partial charge in [-0.2, -0.15) is 0 Å². The summed E-state index contributed by atoms with van der Waals surface area (Å²) in [5, 5.41) is 13.8. The molecule has 2 N–H and O–H groups in total. The lowest BCUT2D eigenvalue weighted by molar-refractivity contribution is 0.211. The van der Waals surface area contributed by atoms with Crippen LogP contribution in [-0.2, 0) is 0 Å². The molecule has 0 radical (unpaired) electrons. The molecule has 0 aliphatic rings. The number of aliphatic hydroxyl groups is 1. The zero-order valence-electron chi connectivity index (χ0n) is 9.91. The molecule has 0 saturated heterocycles. The largest absolute Gasteiger partial charge is 0.390 e. The molecule has 17 heavy (non-hydrogen) atoms. The predicted molar refractivity (Wildman–Crippen MR) is 77.7 cm³/mol. The highest BCUT2D eigenvalue weighted by Gasteiger charge is 2.10. The lowest BCUT2D eigenvalue weighted by Gasteiger charge is -2.16. The van der Waals surface area contributed by atoms with Crippen LogP contribution in [-0.4, -0.2) is 28.9 Å². The van der Waals surface area contributed by atoms with Crippen LogP contribution in [0.25, 0.3) is 0 Å². The van der Waals surface area contributed by atoms with Crippen LogP contribution < -0.4 is 5.32 Å². The Hall–Kier alpha value is -0.0900. The number of anilines is 1. The van der Waals surface area contributed by atoms with Crippen LogP contribution in [0.3, 0.4) is 0 Å². The summed E-state index contributed by atoms with van der Waals surface area (Å²) in [6.07, 6.45) is -0.549. The third-order valence-electron chi connectivity index (χ3n) is 2.03. The van der Waals surface area contributed by atoms with Gasteiger partial charge >= 0.3 is 0 Å². The molecule has 0 bridgehead atoms. The minimum Gasteiger partial charge on any atom is -0.390 e. The van der Waals surface area contributed by atoms with Gasteiger partial charge < -0.3 is 10.4 Å². The number of halogens is 2. The fourth-order valence-electron chi connectivity index (χ4n) is 1.29. The Kier molecular flexibility index (Phi) is 6.49. The molecule has 1 atom stereocenters. The highest BCUT2D eigenvalue weighted by Crippen LogP contribution is 2.36. The van der Waals surface area contributed by atoms with Crippen molar-refractivity contribution in [3.8, 4) is 0 Å². The number of nitrogens with one attached hydrogen (secondary N) is 1. The molecule has 2 nitrogen and oxygen atoms in total. The van der Waals surface area contributed by atoms with Crippen molar-refractivity contribution >= 4 is 40.7 Å². The molecule has 0 heterocycles. The second kappa shape index (κ2) is 7.37. The minimum atomic E-state index is -0.549. The minimum absolute atomic E-state index is 0.222. The molecule has 1 rings (SSSR count). The Bertz CT molecular complexity index is 360. The van der Waals surface area contributed by atoms with Crippen LogP contribution in [0.4, 0.5) is 5.69 Å². The number of hydrogen-bond acceptors (Lipinski definition) is 3. The quantitative estimate of drug-likeness (QED) is 0.617. The molecule has 0 saturated carbocycles. The third kappa shape index (κ3) is 4.96. The molecule has 0 aliphatic heterocycles. The summed E-state index contributed by atoms with van der Waals surface area (Å²) in [7, 11) is 0. The molecule has 1 aromatic carbocycles. The first-order valence-corrected chi connectivity index (χ1v) is 7.27. The van der Waals surface area contributed by atoms with E-state index in [1.54, 1.807) is 11.8 Å². The fourth-order valence-corrected chi connectivity index (χ4v) is 2.62. The molecular formula is C12H17Cl2NOS. The lowest BCUT2D eigenvalue weighted by Crippen LogP contribution is -2.21. The number of thioether (sulfide) groups is 1. The van der Waals surface area contributed by atoms with E-state index in [1.807, 2.05) is 18.2 Å². The van der Waals surface area contributed by atoms with Gasteiger partial charge in [0.15, 0.2) is 0 Å². The SMILES string of the molecule is CC(C)Sc1c(Cl)cccc1NCC(O)CCl. The second-order valence-corrected chi connectivity index (χ2v) is 6.27. The topological polar surface area (TPSA) is 32.3 Å². The molecule has 1 unspecified atom stereocenters. The first kappa shape index (κ1) is 15.0. The molecule has 0 aliphatic carbocycles. The molecule has 0 amide bonds. The molecule has 5 heteroatoms. The Balaban J connectivity index is 2.79. The van der Waals surface area contributed by atoms with Crippen LogP contribution >= 0.6 is 35.0 Å². The van der Waals surface area contributed by atoms with E-state index < -0.39 is 6.10 Å². The molecule has 0 aromatic heterocycles. The van der Waals surface area contributed by atoms with Crippen molar-refractivity contribution in [2.75, 3.05) is 17.7 Å². The zero-order valence-corrected chi connectivity index (χ0v) is 12.2. The summed E-state index contributed by atoms with van der Waals surface area (Å²) in [5.74, 6) is 0.222. The maximum Gasteiger partial charge on any atom is 0.0847 e. The van der Waals surface area contributed by atoms with Gasteiger partial charge in [0.1, 0.15) is 0 Å². The summed E-state index contributed by atoms with van der Waals surface area (Å²) in [5.41, 5.74) is 0.945. The summed E-state index contributed by atoms with van der Waals surface area (Å²) < 4.78 is 0. The van der Waals surface area contributed by atoms with Crippen LogP contribution in [0.2, 0.25) is 5.02 Å². The van der Waals surface area contributed by atoms with Crippen LogP contribution in [0, 0.1) is 0 Å². The van der Waals surface area contributed by atoms with Crippen molar-refractivity contribution in [3.05, 3.63) is 23.2 Å². The predicted octanol–water partition coefficient (Wildman–Crippen LogP) is 3.85. The van der Waals surface area contributed by atoms with Crippen LogP contribution in [0.1, 0.15) is 13.8 Å². The third-order valence-corrected chi connectivity index (χ3v) is 3.96. The van der Waals surface area contributed by atoms with Crippen molar-refractivity contribution in [2.24, 2.45) is 0 Å². The van der Waals surface area contributed by atoms with E-state index in [2.05, 4.69) is 19.2 Å². The van der Waals surface area contributed by atoms with Crippen molar-refractivity contribution in [2.45, 2.75) is 30.1 Å². The molecular weight excluding hydrogens is 277 g/mol. The van der Waals surface area contributed by atoms with E-state index in [0.29, 0.717) is 11.8 Å². The van der Waals surface area contributed by atoms with E-state index in [0.717, 1.165) is 15.6 Å². The normalized spacial score (nSPS) is 12.8. The van der Waals surface area contributed by atoms with Crippen LogP contribution in [0.5, 0.6) is 0 Å².